The maximum atomic E-state index is 5.94. The van der Waals surface area contributed by atoms with Crippen LogP contribution in [0.4, 0.5) is 0 Å². The largest absolute Gasteiger partial charge is 0.379 e. The van der Waals surface area contributed by atoms with Gasteiger partial charge in [0, 0.05) is 49.8 Å². The molecule has 1 aromatic carbocycles. The zero-order chi connectivity index (χ0) is 16.6. The zero-order valence-electron chi connectivity index (χ0n) is 14.5. The Morgan fingerprint density at radius 1 is 1.28 bits per heavy atom. The number of aromatic amines is 1. The molecule has 1 aliphatic rings. The van der Waals surface area contributed by atoms with Gasteiger partial charge in [-0.3, -0.25) is 9.89 Å². The van der Waals surface area contributed by atoms with E-state index in [9.17, 15) is 0 Å². The highest BCUT2D eigenvalue weighted by atomic mass is 127. The molecule has 0 saturated carbocycles. The summed E-state index contributed by atoms with van der Waals surface area (Å²) in [6, 6.07) is 8.35. The molecule has 1 saturated heterocycles. The first-order valence-corrected chi connectivity index (χ1v) is 8.72. The fraction of sp³-hybridized carbons (Fsp3) is 0.500. The van der Waals surface area contributed by atoms with Crippen molar-refractivity contribution in [2.45, 2.75) is 12.8 Å². The van der Waals surface area contributed by atoms with Gasteiger partial charge in [-0.25, -0.2) is 0 Å². The molecule has 0 aliphatic carbocycles. The summed E-state index contributed by atoms with van der Waals surface area (Å²) in [4.78, 5) is 10.1. The second kappa shape index (κ2) is 10.6. The van der Waals surface area contributed by atoms with Gasteiger partial charge in [-0.15, -0.1) is 24.0 Å². The van der Waals surface area contributed by atoms with Gasteiger partial charge in [0.15, 0.2) is 5.96 Å². The van der Waals surface area contributed by atoms with Crippen LogP contribution in [0, 0.1) is 0 Å². The van der Waals surface area contributed by atoms with Crippen molar-refractivity contribution in [3.63, 3.8) is 0 Å². The van der Waals surface area contributed by atoms with E-state index in [1.807, 2.05) is 6.07 Å². The minimum atomic E-state index is 0. The fourth-order valence-corrected chi connectivity index (χ4v) is 3.04. The van der Waals surface area contributed by atoms with Gasteiger partial charge in [-0.2, -0.15) is 0 Å². The number of aliphatic imine (C=N–C) groups is 1. The third-order valence-corrected chi connectivity index (χ3v) is 4.39. The number of nitrogens with two attached hydrogens (primary N) is 1. The molecule has 3 rings (SSSR count). The number of halogens is 1. The van der Waals surface area contributed by atoms with Crippen LogP contribution in [0.1, 0.15) is 12.0 Å². The minimum absolute atomic E-state index is 0. The molecule has 138 valence electrons. The highest BCUT2D eigenvalue weighted by molar-refractivity contribution is 14.0. The van der Waals surface area contributed by atoms with Gasteiger partial charge in [-0.05, 0) is 24.5 Å². The number of hydrogen-bond donors (Lipinski definition) is 3. The maximum absolute atomic E-state index is 5.94. The number of fused-ring (bicyclic) bond motifs is 1. The van der Waals surface area contributed by atoms with Crippen LogP contribution in [-0.4, -0.2) is 61.8 Å². The number of aromatic nitrogens is 1. The number of ether oxygens (including phenoxy) is 1. The predicted octanol–water partition coefficient (Wildman–Crippen LogP) is 1.96. The molecule has 2 heterocycles. The van der Waals surface area contributed by atoms with Gasteiger partial charge in [-0.1, -0.05) is 18.2 Å². The molecule has 0 unspecified atom stereocenters. The van der Waals surface area contributed by atoms with Crippen molar-refractivity contribution in [3.05, 3.63) is 36.0 Å². The average molecular weight is 457 g/mol. The molecule has 4 N–H and O–H groups in total. The van der Waals surface area contributed by atoms with Crippen LogP contribution in [-0.2, 0) is 11.2 Å². The van der Waals surface area contributed by atoms with Gasteiger partial charge in [0.05, 0.1) is 13.2 Å². The summed E-state index contributed by atoms with van der Waals surface area (Å²) in [6.07, 6.45) is 4.03. The van der Waals surface area contributed by atoms with Crippen LogP contribution in [0.3, 0.4) is 0 Å². The monoisotopic (exact) mass is 457 g/mol. The van der Waals surface area contributed by atoms with Crippen LogP contribution < -0.4 is 11.1 Å². The van der Waals surface area contributed by atoms with Crippen molar-refractivity contribution in [1.82, 2.24) is 15.2 Å². The van der Waals surface area contributed by atoms with E-state index in [4.69, 9.17) is 10.5 Å². The lowest BCUT2D eigenvalue weighted by atomic mass is 10.1. The standard InChI is InChI=1S/C18H27N5O.HI/c19-18(20-7-3-9-23-10-12-24-13-11-23)21-8-6-15-14-22-17-5-2-1-4-16(15)17;/h1-2,4-5,14,22H,3,6-13H2,(H3,19,20,21);1H. The molecule has 0 bridgehead atoms. The number of guanidine groups is 1. The second-order valence-corrected chi connectivity index (χ2v) is 6.11. The number of H-pyrrole nitrogens is 1. The third-order valence-electron chi connectivity index (χ3n) is 4.39. The van der Waals surface area contributed by atoms with Crippen LogP contribution in [0.15, 0.2) is 35.5 Å². The minimum Gasteiger partial charge on any atom is -0.379 e. The van der Waals surface area contributed by atoms with Gasteiger partial charge >= 0.3 is 0 Å². The molecule has 0 radical (unpaired) electrons. The first-order valence-electron chi connectivity index (χ1n) is 8.72. The number of para-hydroxylation sites is 1. The summed E-state index contributed by atoms with van der Waals surface area (Å²) in [7, 11) is 0. The molecular weight excluding hydrogens is 429 g/mol. The van der Waals surface area contributed by atoms with Crippen LogP contribution in [0.2, 0.25) is 0 Å². The Balaban J connectivity index is 0.00000225. The molecule has 1 aromatic heterocycles. The topological polar surface area (TPSA) is 78.7 Å². The number of benzene rings is 1. The average Bonchev–Trinajstić information content (AvgIpc) is 3.03. The van der Waals surface area contributed by atoms with E-state index >= 15 is 0 Å². The SMILES string of the molecule is I.NC(=NCCCN1CCOCC1)NCCc1c[nH]c2ccccc12. The number of rotatable bonds is 7. The second-order valence-electron chi connectivity index (χ2n) is 6.11. The van der Waals surface area contributed by atoms with Crippen LogP contribution in [0.25, 0.3) is 10.9 Å². The van der Waals surface area contributed by atoms with E-state index in [0.29, 0.717) is 5.96 Å². The van der Waals surface area contributed by atoms with E-state index in [2.05, 4.69) is 44.6 Å². The Morgan fingerprint density at radius 3 is 2.92 bits per heavy atom. The summed E-state index contributed by atoms with van der Waals surface area (Å²) in [5, 5.41) is 4.48. The number of nitrogens with one attached hydrogen (secondary N) is 2. The number of morpholine rings is 1. The van der Waals surface area contributed by atoms with Crippen LogP contribution in [0.5, 0.6) is 0 Å². The van der Waals surface area contributed by atoms with Gasteiger partial charge in [0.2, 0.25) is 0 Å². The molecule has 7 heteroatoms. The number of nitrogens with zero attached hydrogens (tertiary/aromatic N) is 2. The fourth-order valence-electron chi connectivity index (χ4n) is 3.04. The predicted molar refractivity (Wildman–Crippen MR) is 114 cm³/mol. The zero-order valence-corrected chi connectivity index (χ0v) is 16.9. The molecule has 0 amide bonds. The summed E-state index contributed by atoms with van der Waals surface area (Å²) in [6.45, 7) is 6.38. The van der Waals surface area contributed by atoms with E-state index < -0.39 is 0 Å². The van der Waals surface area contributed by atoms with Crippen molar-refractivity contribution in [3.8, 4) is 0 Å². The normalized spacial score (nSPS) is 15.9. The molecule has 0 spiro atoms. The van der Waals surface area contributed by atoms with E-state index in [1.54, 1.807) is 0 Å². The maximum Gasteiger partial charge on any atom is 0.188 e. The lowest BCUT2D eigenvalue weighted by Gasteiger charge is -2.26. The lowest BCUT2D eigenvalue weighted by Crippen LogP contribution is -2.37. The van der Waals surface area contributed by atoms with Crippen molar-refractivity contribution >= 4 is 40.8 Å². The quantitative estimate of drug-likeness (QED) is 0.257. The van der Waals surface area contributed by atoms with E-state index in [-0.39, 0.29) is 24.0 Å². The van der Waals surface area contributed by atoms with Crippen molar-refractivity contribution in [1.29, 1.82) is 0 Å². The smallest absolute Gasteiger partial charge is 0.188 e. The molecule has 1 aliphatic heterocycles. The van der Waals surface area contributed by atoms with Crippen molar-refractivity contribution < 1.29 is 4.74 Å². The van der Waals surface area contributed by atoms with Crippen molar-refractivity contribution in [2.75, 3.05) is 45.9 Å². The van der Waals surface area contributed by atoms with Crippen LogP contribution >= 0.6 is 24.0 Å². The molecule has 6 nitrogen and oxygen atoms in total. The first-order chi connectivity index (χ1) is 11.8. The van der Waals surface area contributed by atoms with Crippen molar-refractivity contribution in [2.24, 2.45) is 10.7 Å². The highest BCUT2D eigenvalue weighted by Crippen LogP contribution is 2.17. The summed E-state index contributed by atoms with van der Waals surface area (Å²) < 4.78 is 5.34. The summed E-state index contributed by atoms with van der Waals surface area (Å²) >= 11 is 0. The Bertz CT molecular complexity index is 666. The van der Waals surface area contributed by atoms with Gasteiger partial charge in [0.1, 0.15) is 0 Å². The Hall–Kier alpha value is -1.32. The Morgan fingerprint density at radius 2 is 2.08 bits per heavy atom. The number of hydrogen-bond acceptors (Lipinski definition) is 3. The molecule has 25 heavy (non-hydrogen) atoms. The highest BCUT2D eigenvalue weighted by Gasteiger charge is 2.08. The Kier molecular flexibility index (Phi) is 8.50. The van der Waals surface area contributed by atoms with E-state index in [0.717, 1.165) is 58.8 Å². The molecule has 1 fully saturated rings. The first kappa shape index (κ1) is 20.0. The van der Waals surface area contributed by atoms with E-state index in [1.165, 1.54) is 16.5 Å². The third kappa shape index (κ3) is 6.16. The van der Waals surface area contributed by atoms with Gasteiger partial charge in [0.25, 0.3) is 0 Å². The lowest BCUT2D eigenvalue weighted by molar-refractivity contribution is 0.0377. The molecular formula is C18H28IN5O. The van der Waals surface area contributed by atoms with Gasteiger partial charge < -0.3 is 20.8 Å². The summed E-state index contributed by atoms with van der Waals surface area (Å²) in [5.41, 5.74) is 8.42. The molecule has 0 atom stereocenters. The summed E-state index contributed by atoms with van der Waals surface area (Å²) in [5.74, 6) is 0.539. The molecule has 2 aromatic rings. The Labute approximate surface area is 166 Å².